The second-order valence-electron chi connectivity index (χ2n) is 6.48. The first-order valence-electron chi connectivity index (χ1n) is 8.60. The Labute approximate surface area is 159 Å². The van der Waals surface area contributed by atoms with Gasteiger partial charge < -0.3 is 9.64 Å². The summed E-state index contributed by atoms with van der Waals surface area (Å²) in [7, 11) is -2.10. The van der Waals surface area contributed by atoms with Crippen LogP contribution in [0.15, 0.2) is 52.9 Å². The summed E-state index contributed by atoms with van der Waals surface area (Å²) in [6.07, 6.45) is 0. The molecule has 0 saturated heterocycles. The van der Waals surface area contributed by atoms with Gasteiger partial charge in [-0.1, -0.05) is 5.57 Å². The maximum absolute atomic E-state index is 12.8. The summed E-state index contributed by atoms with van der Waals surface area (Å²) in [6.45, 7) is 6.11. The zero-order valence-electron chi connectivity index (χ0n) is 15.7. The van der Waals surface area contributed by atoms with Gasteiger partial charge in [0.1, 0.15) is 5.75 Å². The lowest BCUT2D eigenvalue weighted by Crippen LogP contribution is -2.20. The van der Waals surface area contributed by atoms with Gasteiger partial charge in [-0.05, 0) is 63.2 Å². The fraction of sp³-hybridized carbons (Fsp3) is 0.250. The third kappa shape index (κ3) is 3.55. The first kappa shape index (κ1) is 19.0. The molecule has 0 aromatic heterocycles. The van der Waals surface area contributed by atoms with Gasteiger partial charge in [0.05, 0.1) is 17.2 Å². The van der Waals surface area contributed by atoms with Crippen LogP contribution >= 0.6 is 0 Å². The number of sulfonamides is 1. The number of carbonyl (C=O) groups excluding carboxylic acids is 1. The van der Waals surface area contributed by atoms with Crippen molar-refractivity contribution < 1.29 is 17.9 Å². The monoisotopic (exact) mass is 386 g/mol. The molecule has 142 valence electrons. The number of nitrogens with one attached hydrogen (secondary N) is 1. The van der Waals surface area contributed by atoms with E-state index in [1.165, 1.54) is 11.0 Å². The molecule has 1 aliphatic rings. The molecule has 0 spiro atoms. The van der Waals surface area contributed by atoms with Crippen molar-refractivity contribution in [3.63, 3.8) is 0 Å². The molecule has 0 fully saturated rings. The lowest BCUT2D eigenvalue weighted by atomic mass is 10.0. The van der Waals surface area contributed by atoms with E-state index in [1.54, 1.807) is 43.4 Å². The highest BCUT2D eigenvalue weighted by atomic mass is 32.2. The second kappa shape index (κ2) is 7.08. The van der Waals surface area contributed by atoms with Gasteiger partial charge in [-0.15, -0.1) is 0 Å². The number of fused-ring (bicyclic) bond motifs is 1. The Bertz CT molecular complexity index is 1020. The number of carbonyl (C=O) groups is 1. The minimum atomic E-state index is -3.79. The average Bonchev–Trinajstić information content (AvgIpc) is 2.87. The van der Waals surface area contributed by atoms with Crippen LogP contribution in [0.25, 0.3) is 5.57 Å². The Hall–Kier alpha value is -2.80. The van der Waals surface area contributed by atoms with E-state index in [9.17, 15) is 13.2 Å². The second-order valence-corrected chi connectivity index (χ2v) is 8.16. The Balaban J connectivity index is 1.95. The quantitative estimate of drug-likeness (QED) is 0.796. The van der Waals surface area contributed by atoms with Crippen LogP contribution in [0.1, 0.15) is 26.3 Å². The number of hydrogen-bond acceptors (Lipinski definition) is 4. The highest BCUT2D eigenvalue weighted by Crippen LogP contribution is 2.38. The van der Waals surface area contributed by atoms with Gasteiger partial charge in [-0.2, -0.15) is 0 Å². The Morgan fingerprint density at radius 3 is 2.37 bits per heavy atom. The molecule has 0 aliphatic carbocycles. The standard InChI is InChI=1S/C20H22N2O4S/c1-5-26-15-8-6-14(7-9-15)21-27(24,25)16-10-11-18-17(12-16)19(13(2)3)20(23)22(18)4/h6-12,21H,5H2,1-4H3. The van der Waals surface area contributed by atoms with Crippen LogP contribution in [-0.4, -0.2) is 28.0 Å². The summed E-state index contributed by atoms with van der Waals surface area (Å²) in [5.74, 6) is 0.548. The number of anilines is 2. The molecular weight excluding hydrogens is 364 g/mol. The number of ether oxygens (including phenoxy) is 1. The summed E-state index contributed by atoms with van der Waals surface area (Å²) in [4.78, 5) is 14.1. The third-order valence-electron chi connectivity index (χ3n) is 4.35. The Kier molecular flexibility index (Phi) is 4.97. The lowest BCUT2D eigenvalue weighted by molar-refractivity contribution is -0.112. The van der Waals surface area contributed by atoms with Gasteiger partial charge >= 0.3 is 0 Å². The van der Waals surface area contributed by atoms with Crippen LogP contribution < -0.4 is 14.4 Å². The SMILES string of the molecule is CCOc1ccc(NS(=O)(=O)c2ccc3c(c2)C(=C(C)C)C(=O)N3C)cc1. The van der Waals surface area contributed by atoms with Crippen LogP contribution in [0, 0.1) is 0 Å². The van der Waals surface area contributed by atoms with Crippen molar-refractivity contribution in [3.05, 3.63) is 53.6 Å². The predicted octanol–water partition coefficient (Wildman–Crippen LogP) is 3.66. The lowest BCUT2D eigenvalue weighted by Gasteiger charge is -2.12. The smallest absolute Gasteiger partial charge is 0.261 e. The topological polar surface area (TPSA) is 75.7 Å². The van der Waals surface area contributed by atoms with Crippen molar-refractivity contribution >= 4 is 32.9 Å². The maximum Gasteiger partial charge on any atom is 0.261 e. The molecule has 2 aromatic rings. The van der Waals surface area contributed by atoms with E-state index in [0.29, 0.717) is 34.9 Å². The van der Waals surface area contributed by atoms with Gasteiger partial charge in [0.15, 0.2) is 0 Å². The number of likely N-dealkylation sites (N-methyl/N-ethyl adjacent to an activating group) is 1. The summed E-state index contributed by atoms with van der Waals surface area (Å²) in [5.41, 5.74) is 3.17. The molecule has 2 aromatic carbocycles. The number of nitrogens with zero attached hydrogens (tertiary/aromatic N) is 1. The highest BCUT2D eigenvalue weighted by Gasteiger charge is 2.31. The van der Waals surface area contributed by atoms with E-state index in [2.05, 4.69) is 4.72 Å². The van der Waals surface area contributed by atoms with Gasteiger partial charge in [-0.3, -0.25) is 9.52 Å². The van der Waals surface area contributed by atoms with Crippen LogP contribution in [0.3, 0.4) is 0 Å². The van der Waals surface area contributed by atoms with Crippen LogP contribution in [0.5, 0.6) is 5.75 Å². The van der Waals surface area contributed by atoms with Gasteiger partial charge in [-0.25, -0.2) is 8.42 Å². The van der Waals surface area contributed by atoms with Crippen LogP contribution in [0.4, 0.5) is 11.4 Å². The molecule has 27 heavy (non-hydrogen) atoms. The number of hydrogen-bond donors (Lipinski definition) is 1. The number of amides is 1. The van der Waals surface area contributed by atoms with Crippen molar-refractivity contribution in [2.45, 2.75) is 25.7 Å². The molecular formula is C20H22N2O4S. The fourth-order valence-corrected chi connectivity index (χ4v) is 4.13. The molecule has 1 heterocycles. The van der Waals surface area contributed by atoms with Crippen LogP contribution in [0.2, 0.25) is 0 Å². The molecule has 6 nitrogen and oxygen atoms in total. The van der Waals surface area contributed by atoms with E-state index in [4.69, 9.17) is 4.74 Å². The molecule has 0 bridgehead atoms. The number of allylic oxidation sites excluding steroid dienone is 1. The van der Waals surface area contributed by atoms with Gasteiger partial charge in [0, 0.05) is 23.9 Å². The molecule has 0 atom stereocenters. The van der Waals surface area contributed by atoms with E-state index in [0.717, 1.165) is 5.57 Å². The van der Waals surface area contributed by atoms with Crippen molar-refractivity contribution in [1.82, 2.24) is 0 Å². The Morgan fingerprint density at radius 1 is 1.11 bits per heavy atom. The van der Waals surface area contributed by atoms with Crippen molar-refractivity contribution in [3.8, 4) is 5.75 Å². The fourth-order valence-electron chi connectivity index (χ4n) is 3.05. The Morgan fingerprint density at radius 2 is 1.78 bits per heavy atom. The van der Waals surface area contributed by atoms with E-state index >= 15 is 0 Å². The molecule has 0 saturated carbocycles. The molecule has 1 aliphatic heterocycles. The zero-order chi connectivity index (χ0) is 19.8. The average molecular weight is 386 g/mol. The summed E-state index contributed by atoms with van der Waals surface area (Å²) >= 11 is 0. The zero-order valence-corrected chi connectivity index (χ0v) is 16.6. The van der Waals surface area contributed by atoms with Crippen molar-refractivity contribution in [2.24, 2.45) is 0 Å². The first-order chi connectivity index (χ1) is 12.7. The molecule has 1 N–H and O–H groups in total. The van der Waals surface area contributed by atoms with Gasteiger partial charge in [0.2, 0.25) is 0 Å². The van der Waals surface area contributed by atoms with Gasteiger partial charge in [0.25, 0.3) is 15.9 Å². The van der Waals surface area contributed by atoms with Crippen LogP contribution in [-0.2, 0) is 14.8 Å². The van der Waals surface area contributed by atoms with E-state index < -0.39 is 10.0 Å². The number of rotatable bonds is 5. The first-order valence-corrected chi connectivity index (χ1v) is 10.1. The third-order valence-corrected chi connectivity index (χ3v) is 5.72. The maximum atomic E-state index is 12.8. The minimum absolute atomic E-state index is 0.108. The molecule has 0 radical (unpaired) electrons. The van der Waals surface area contributed by atoms with E-state index in [-0.39, 0.29) is 10.8 Å². The van der Waals surface area contributed by atoms with E-state index in [1.807, 2.05) is 20.8 Å². The largest absolute Gasteiger partial charge is 0.494 e. The summed E-state index contributed by atoms with van der Waals surface area (Å²) in [6, 6.07) is 11.4. The molecule has 1 amide bonds. The molecule has 7 heteroatoms. The minimum Gasteiger partial charge on any atom is -0.494 e. The molecule has 0 unspecified atom stereocenters. The predicted molar refractivity (Wildman–Crippen MR) is 107 cm³/mol. The number of benzene rings is 2. The van der Waals surface area contributed by atoms with Crippen molar-refractivity contribution in [1.29, 1.82) is 0 Å². The van der Waals surface area contributed by atoms with Crippen molar-refractivity contribution in [2.75, 3.05) is 23.3 Å². The summed E-state index contributed by atoms with van der Waals surface area (Å²) < 4.78 is 33.5. The molecule has 3 rings (SSSR count). The normalized spacial score (nSPS) is 13.6. The highest BCUT2D eigenvalue weighted by molar-refractivity contribution is 7.92. The summed E-state index contributed by atoms with van der Waals surface area (Å²) in [5, 5.41) is 0.